The number of thioether (sulfide) groups is 1. The SMILES string of the molecule is CSc1ccc(C2(c3ccccc3)C=Cc3c4c(c5ccccc5c3O2)-c2ccc(C#N)cc2C4(C)C)cc1. The Kier molecular flexibility index (Phi) is 5.27. The molecular weight excluding hydrogens is 494 g/mol. The van der Waals surface area contributed by atoms with Gasteiger partial charge in [-0.3, -0.25) is 0 Å². The second-order valence-corrected chi connectivity index (χ2v) is 11.7. The highest BCUT2D eigenvalue weighted by molar-refractivity contribution is 7.98. The number of nitrogens with zero attached hydrogens (tertiary/aromatic N) is 1. The van der Waals surface area contributed by atoms with Crippen molar-refractivity contribution in [1.82, 2.24) is 0 Å². The number of hydrogen-bond donors (Lipinski definition) is 0. The van der Waals surface area contributed by atoms with Crippen LogP contribution in [0.4, 0.5) is 0 Å². The maximum Gasteiger partial charge on any atom is 0.178 e. The predicted octanol–water partition coefficient (Wildman–Crippen LogP) is 9.09. The molecule has 0 bridgehead atoms. The summed E-state index contributed by atoms with van der Waals surface area (Å²) in [6, 6.07) is 36.2. The molecule has 2 nitrogen and oxygen atoms in total. The Hall–Kier alpha value is -4.26. The van der Waals surface area contributed by atoms with E-state index in [-0.39, 0.29) is 5.41 Å². The van der Waals surface area contributed by atoms with Crippen LogP contribution in [0.25, 0.3) is 28.0 Å². The van der Waals surface area contributed by atoms with Crippen molar-refractivity contribution >= 4 is 28.6 Å². The molecule has 0 saturated heterocycles. The molecule has 1 unspecified atom stereocenters. The van der Waals surface area contributed by atoms with Crippen LogP contribution in [0.5, 0.6) is 5.75 Å². The van der Waals surface area contributed by atoms with E-state index in [1.165, 1.54) is 32.5 Å². The second-order valence-electron chi connectivity index (χ2n) is 10.8. The Balaban J connectivity index is 1.54. The summed E-state index contributed by atoms with van der Waals surface area (Å²) in [7, 11) is 0. The molecule has 0 spiro atoms. The van der Waals surface area contributed by atoms with E-state index in [2.05, 4.69) is 123 Å². The van der Waals surface area contributed by atoms with E-state index in [4.69, 9.17) is 4.74 Å². The molecule has 1 atom stereocenters. The van der Waals surface area contributed by atoms with Crippen LogP contribution in [-0.4, -0.2) is 6.26 Å². The topological polar surface area (TPSA) is 33.0 Å². The average molecular weight is 522 g/mol. The van der Waals surface area contributed by atoms with Gasteiger partial charge in [0.15, 0.2) is 5.60 Å². The third-order valence-corrected chi connectivity index (χ3v) is 9.13. The lowest BCUT2D eigenvalue weighted by atomic mass is 9.76. The van der Waals surface area contributed by atoms with Crippen molar-refractivity contribution in [3.05, 3.63) is 137 Å². The van der Waals surface area contributed by atoms with Crippen molar-refractivity contribution in [2.24, 2.45) is 0 Å². The van der Waals surface area contributed by atoms with Gasteiger partial charge in [-0.1, -0.05) is 92.7 Å². The van der Waals surface area contributed by atoms with Gasteiger partial charge in [-0.05, 0) is 64.2 Å². The van der Waals surface area contributed by atoms with Gasteiger partial charge in [-0.25, -0.2) is 0 Å². The lowest BCUT2D eigenvalue weighted by Gasteiger charge is -2.38. The Morgan fingerprint density at radius 2 is 1.49 bits per heavy atom. The summed E-state index contributed by atoms with van der Waals surface area (Å²) in [5, 5.41) is 11.9. The molecule has 5 aromatic carbocycles. The quantitative estimate of drug-likeness (QED) is 0.222. The largest absolute Gasteiger partial charge is 0.472 e. The summed E-state index contributed by atoms with van der Waals surface area (Å²) in [6.45, 7) is 4.53. The molecule has 1 heterocycles. The fraction of sp³-hybridized carbons (Fsp3) is 0.139. The monoisotopic (exact) mass is 521 g/mol. The minimum atomic E-state index is -0.758. The minimum absolute atomic E-state index is 0.286. The zero-order valence-corrected chi connectivity index (χ0v) is 23.0. The Morgan fingerprint density at radius 3 is 2.21 bits per heavy atom. The van der Waals surface area contributed by atoms with Gasteiger partial charge in [-0.15, -0.1) is 11.8 Å². The molecule has 1 aliphatic carbocycles. The number of hydrogen-bond acceptors (Lipinski definition) is 3. The number of fused-ring (bicyclic) bond motifs is 8. The van der Waals surface area contributed by atoms with Gasteiger partial charge >= 0.3 is 0 Å². The first kappa shape index (κ1) is 23.8. The first-order valence-corrected chi connectivity index (χ1v) is 14.4. The van der Waals surface area contributed by atoms with Crippen LogP contribution >= 0.6 is 11.8 Å². The standard InChI is InChI=1S/C36H27NOS/c1-35(2)31-21-23(22-37)13-18-29(31)32-27-11-7-8-12-28(27)34-30(33(32)35)19-20-36(38-34,24-9-5-4-6-10-24)25-14-16-26(39-3)17-15-25/h4-21H,1-3H3. The van der Waals surface area contributed by atoms with Gasteiger partial charge in [0.05, 0.1) is 11.6 Å². The van der Waals surface area contributed by atoms with E-state index < -0.39 is 5.60 Å². The smallest absolute Gasteiger partial charge is 0.178 e. The van der Waals surface area contributed by atoms with Crippen LogP contribution in [-0.2, 0) is 11.0 Å². The van der Waals surface area contributed by atoms with Crippen molar-refractivity contribution < 1.29 is 4.74 Å². The maximum absolute atomic E-state index is 9.64. The summed E-state index contributed by atoms with van der Waals surface area (Å²) in [4.78, 5) is 1.22. The zero-order chi connectivity index (χ0) is 26.8. The minimum Gasteiger partial charge on any atom is -0.472 e. The number of rotatable bonds is 3. The molecule has 0 aromatic heterocycles. The van der Waals surface area contributed by atoms with Gasteiger partial charge in [-0.2, -0.15) is 5.26 Å². The summed E-state index contributed by atoms with van der Waals surface area (Å²) in [5.41, 5.74) is 7.86. The molecule has 0 saturated carbocycles. The Labute approximate surface area is 233 Å². The molecule has 0 radical (unpaired) electrons. The third kappa shape index (κ3) is 3.35. The lowest BCUT2D eigenvalue weighted by Crippen LogP contribution is -2.35. The summed E-state index contributed by atoms with van der Waals surface area (Å²) < 4.78 is 7.29. The van der Waals surface area contributed by atoms with E-state index in [0.29, 0.717) is 5.56 Å². The first-order valence-electron chi connectivity index (χ1n) is 13.2. The average Bonchev–Trinajstić information content (AvgIpc) is 3.23. The van der Waals surface area contributed by atoms with Crippen molar-refractivity contribution in [2.45, 2.75) is 29.8 Å². The highest BCUT2D eigenvalue weighted by Crippen LogP contribution is 2.58. The van der Waals surface area contributed by atoms with Gasteiger partial charge in [0, 0.05) is 32.4 Å². The Bertz CT molecular complexity index is 1840. The van der Waals surface area contributed by atoms with E-state index in [1.54, 1.807) is 11.8 Å². The second kappa shape index (κ2) is 8.63. The highest BCUT2D eigenvalue weighted by Gasteiger charge is 2.44. The molecule has 0 fully saturated rings. The van der Waals surface area contributed by atoms with Gasteiger partial charge in [0.2, 0.25) is 0 Å². The molecule has 7 rings (SSSR count). The number of benzene rings is 5. The third-order valence-electron chi connectivity index (χ3n) is 8.39. The predicted molar refractivity (Wildman–Crippen MR) is 161 cm³/mol. The molecule has 1 aliphatic heterocycles. The molecule has 3 heteroatoms. The van der Waals surface area contributed by atoms with Crippen LogP contribution in [0, 0.1) is 11.3 Å². The van der Waals surface area contributed by atoms with E-state index in [0.717, 1.165) is 27.8 Å². The number of ether oxygens (including phenoxy) is 1. The summed E-state index contributed by atoms with van der Waals surface area (Å²) in [5.74, 6) is 0.908. The lowest BCUT2D eigenvalue weighted by molar-refractivity contribution is 0.163. The van der Waals surface area contributed by atoms with Crippen LogP contribution < -0.4 is 4.74 Å². The van der Waals surface area contributed by atoms with Crippen molar-refractivity contribution in [3.63, 3.8) is 0 Å². The van der Waals surface area contributed by atoms with Crippen molar-refractivity contribution in [3.8, 4) is 22.9 Å². The highest BCUT2D eigenvalue weighted by atomic mass is 32.2. The molecular formula is C36H27NOS. The Morgan fingerprint density at radius 1 is 0.795 bits per heavy atom. The molecule has 0 N–H and O–H groups in total. The van der Waals surface area contributed by atoms with E-state index >= 15 is 0 Å². The van der Waals surface area contributed by atoms with Crippen molar-refractivity contribution in [1.29, 1.82) is 5.26 Å². The van der Waals surface area contributed by atoms with Gasteiger partial charge in [0.1, 0.15) is 5.75 Å². The first-order chi connectivity index (χ1) is 19.0. The molecule has 5 aromatic rings. The van der Waals surface area contributed by atoms with Crippen LogP contribution in [0.15, 0.2) is 108 Å². The number of nitriles is 1. The van der Waals surface area contributed by atoms with Crippen molar-refractivity contribution in [2.75, 3.05) is 6.26 Å². The fourth-order valence-electron chi connectivity index (χ4n) is 6.51. The molecule has 2 aliphatic rings. The van der Waals surface area contributed by atoms with Crippen LogP contribution in [0.2, 0.25) is 0 Å². The fourth-order valence-corrected chi connectivity index (χ4v) is 6.91. The van der Waals surface area contributed by atoms with Crippen LogP contribution in [0.1, 0.15) is 47.2 Å². The van der Waals surface area contributed by atoms with Gasteiger partial charge < -0.3 is 4.74 Å². The van der Waals surface area contributed by atoms with E-state index in [1.807, 2.05) is 12.1 Å². The zero-order valence-electron chi connectivity index (χ0n) is 22.2. The molecule has 0 amide bonds. The normalized spacial score (nSPS) is 18.1. The van der Waals surface area contributed by atoms with Crippen LogP contribution in [0.3, 0.4) is 0 Å². The molecule has 188 valence electrons. The van der Waals surface area contributed by atoms with E-state index in [9.17, 15) is 5.26 Å². The summed E-state index contributed by atoms with van der Waals surface area (Å²) in [6.07, 6.45) is 6.60. The summed E-state index contributed by atoms with van der Waals surface area (Å²) >= 11 is 1.74. The molecule has 39 heavy (non-hydrogen) atoms. The van der Waals surface area contributed by atoms with Gasteiger partial charge in [0.25, 0.3) is 0 Å². The maximum atomic E-state index is 9.64.